The van der Waals surface area contributed by atoms with Gasteiger partial charge in [-0.15, -0.1) is 0 Å². The lowest BCUT2D eigenvalue weighted by Crippen LogP contribution is -2.09. The Labute approximate surface area is 84.6 Å². The molecular formula is C11H16N2O. The molecule has 0 aliphatic rings. The second-order valence-electron chi connectivity index (χ2n) is 3.19. The van der Waals surface area contributed by atoms with E-state index in [4.69, 9.17) is 10.6 Å². The number of hydrogen-bond donors (Lipinski definition) is 1. The molecule has 3 heteroatoms. The number of nitrogens with two attached hydrogens (primary N) is 1. The Morgan fingerprint density at radius 3 is 3.00 bits per heavy atom. The lowest BCUT2D eigenvalue weighted by Gasteiger charge is -2.12. The van der Waals surface area contributed by atoms with Crippen LogP contribution in [0.3, 0.4) is 0 Å². The highest BCUT2D eigenvalue weighted by Gasteiger charge is 2.00. The Morgan fingerprint density at radius 2 is 2.36 bits per heavy atom. The van der Waals surface area contributed by atoms with Crippen molar-refractivity contribution < 1.29 is 4.74 Å². The molecule has 2 N–H and O–H groups in total. The third kappa shape index (κ3) is 3.09. The van der Waals surface area contributed by atoms with Crippen molar-refractivity contribution in [2.45, 2.75) is 26.4 Å². The van der Waals surface area contributed by atoms with E-state index in [1.807, 2.05) is 31.2 Å². The predicted molar refractivity (Wildman–Crippen MR) is 58.6 cm³/mol. The van der Waals surface area contributed by atoms with Crippen LogP contribution in [0.5, 0.6) is 5.75 Å². The molecule has 0 radical (unpaired) electrons. The number of ether oxygens (including phenoxy) is 1. The summed E-state index contributed by atoms with van der Waals surface area (Å²) in [5.41, 5.74) is 0.952. The van der Waals surface area contributed by atoms with Gasteiger partial charge in [0.25, 0.3) is 0 Å². The first-order valence-electron chi connectivity index (χ1n) is 4.76. The summed E-state index contributed by atoms with van der Waals surface area (Å²) in [5.74, 6) is 5.92. The Bertz CT molecular complexity index is 310. The monoisotopic (exact) mass is 192 g/mol. The molecule has 0 aliphatic carbocycles. The fourth-order valence-electron chi connectivity index (χ4n) is 1.07. The van der Waals surface area contributed by atoms with Gasteiger partial charge in [0.15, 0.2) is 0 Å². The van der Waals surface area contributed by atoms with Crippen molar-refractivity contribution in [2.24, 2.45) is 10.9 Å². The number of benzene rings is 1. The number of nitrogens with zero attached hydrogens (tertiary/aromatic N) is 1. The van der Waals surface area contributed by atoms with Gasteiger partial charge in [-0.1, -0.05) is 19.1 Å². The SMILES string of the molecule is CCC(C)Oc1cccc(C=NN)c1. The summed E-state index contributed by atoms with van der Waals surface area (Å²) in [6.07, 6.45) is 2.83. The maximum Gasteiger partial charge on any atom is 0.120 e. The molecule has 76 valence electrons. The van der Waals surface area contributed by atoms with E-state index >= 15 is 0 Å². The van der Waals surface area contributed by atoms with Crippen molar-refractivity contribution >= 4 is 6.21 Å². The van der Waals surface area contributed by atoms with E-state index in [9.17, 15) is 0 Å². The molecule has 1 aromatic carbocycles. The molecule has 3 nitrogen and oxygen atoms in total. The quantitative estimate of drug-likeness (QED) is 0.451. The zero-order valence-corrected chi connectivity index (χ0v) is 8.60. The van der Waals surface area contributed by atoms with Crippen LogP contribution in [0.4, 0.5) is 0 Å². The first-order chi connectivity index (χ1) is 6.76. The lowest BCUT2D eigenvalue weighted by molar-refractivity contribution is 0.217. The second-order valence-corrected chi connectivity index (χ2v) is 3.19. The lowest BCUT2D eigenvalue weighted by atomic mass is 10.2. The van der Waals surface area contributed by atoms with Gasteiger partial charge in [0.1, 0.15) is 5.75 Å². The minimum absolute atomic E-state index is 0.236. The Morgan fingerprint density at radius 1 is 1.57 bits per heavy atom. The van der Waals surface area contributed by atoms with Crippen LogP contribution in [0.25, 0.3) is 0 Å². The molecule has 0 aromatic heterocycles. The van der Waals surface area contributed by atoms with Crippen LogP contribution >= 0.6 is 0 Å². The Balaban J connectivity index is 2.73. The molecule has 0 heterocycles. The minimum atomic E-state index is 0.236. The van der Waals surface area contributed by atoms with Crippen molar-refractivity contribution in [1.82, 2.24) is 0 Å². The van der Waals surface area contributed by atoms with Crippen molar-refractivity contribution in [1.29, 1.82) is 0 Å². The summed E-state index contributed by atoms with van der Waals surface area (Å²) in [6.45, 7) is 4.14. The molecule has 1 rings (SSSR count). The van der Waals surface area contributed by atoms with Gasteiger partial charge in [-0.05, 0) is 31.0 Å². The molecule has 1 unspecified atom stereocenters. The highest BCUT2D eigenvalue weighted by atomic mass is 16.5. The molecule has 0 amide bonds. The summed E-state index contributed by atoms with van der Waals surface area (Å²) >= 11 is 0. The first kappa shape index (κ1) is 10.6. The molecule has 0 spiro atoms. The van der Waals surface area contributed by atoms with Crippen LogP contribution in [0.1, 0.15) is 25.8 Å². The predicted octanol–water partition coefficient (Wildman–Crippen LogP) is 2.16. The standard InChI is InChI=1S/C11H16N2O/c1-3-9(2)14-11-6-4-5-10(7-11)8-13-12/h4-9H,3,12H2,1-2H3. The smallest absolute Gasteiger partial charge is 0.120 e. The van der Waals surface area contributed by atoms with E-state index in [0.29, 0.717) is 0 Å². The Hall–Kier alpha value is -1.51. The third-order valence-electron chi connectivity index (χ3n) is 1.99. The third-order valence-corrected chi connectivity index (χ3v) is 1.99. The molecule has 0 fully saturated rings. The maximum atomic E-state index is 5.65. The fraction of sp³-hybridized carbons (Fsp3) is 0.364. The zero-order chi connectivity index (χ0) is 10.4. The van der Waals surface area contributed by atoms with E-state index < -0.39 is 0 Å². The first-order valence-corrected chi connectivity index (χ1v) is 4.76. The normalized spacial score (nSPS) is 13.0. The largest absolute Gasteiger partial charge is 0.491 e. The van der Waals surface area contributed by atoms with Gasteiger partial charge in [0.05, 0.1) is 12.3 Å². The van der Waals surface area contributed by atoms with Crippen LogP contribution in [-0.2, 0) is 0 Å². The van der Waals surface area contributed by atoms with Gasteiger partial charge in [-0.3, -0.25) is 0 Å². The van der Waals surface area contributed by atoms with Crippen LogP contribution in [0.2, 0.25) is 0 Å². The topological polar surface area (TPSA) is 47.6 Å². The Kier molecular flexibility index (Phi) is 3.98. The summed E-state index contributed by atoms with van der Waals surface area (Å²) in [6, 6.07) is 7.71. The van der Waals surface area contributed by atoms with Gasteiger partial charge < -0.3 is 10.6 Å². The van der Waals surface area contributed by atoms with Crippen molar-refractivity contribution in [2.75, 3.05) is 0 Å². The molecule has 1 atom stereocenters. The van der Waals surface area contributed by atoms with E-state index in [1.54, 1.807) is 6.21 Å². The molecule has 0 aliphatic heterocycles. The molecule has 14 heavy (non-hydrogen) atoms. The van der Waals surface area contributed by atoms with Gasteiger partial charge in [0, 0.05) is 0 Å². The van der Waals surface area contributed by atoms with Crippen LogP contribution < -0.4 is 10.6 Å². The number of hydrazone groups is 1. The van der Waals surface area contributed by atoms with Gasteiger partial charge >= 0.3 is 0 Å². The van der Waals surface area contributed by atoms with Crippen LogP contribution in [0, 0.1) is 0 Å². The van der Waals surface area contributed by atoms with E-state index in [-0.39, 0.29) is 6.10 Å². The van der Waals surface area contributed by atoms with Gasteiger partial charge in [-0.25, -0.2) is 0 Å². The van der Waals surface area contributed by atoms with Crippen molar-refractivity contribution in [3.05, 3.63) is 29.8 Å². The van der Waals surface area contributed by atoms with Gasteiger partial charge in [0.2, 0.25) is 0 Å². The summed E-state index contributed by atoms with van der Waals surface area (Å²) in [4.78, 5) is 0. The average molecular weight is 192 g/mol. The molecule has 1 aromatic rings. The zero-order valence-electron chi connectivity index (χ0n) is 8.60. The van der Waals surface area contributed by atoms with Crippen LogP contribution in [0.15, 0.2) is 29.4 Å². The number of rotatable bonds is 4. The fourth-order valence-corrected chi connectivity index (χ4v) is 1.07. The maximum absolute atomic E-state index is 5.65. The number of hydrogen-bond acceptors (Lipinski definition) is 3. The summed E-state index contributed by atoms with van der Waals surface area (Å²) in [7, 11) is 0. The van der Waals surface area contributed by atoms with Crippen LogP contribution in [-0.4, -0.2) is 12.3 Å². The van der Waals surface area contributed by atoms with E-state index in [2.05, 4.69) is 12.0 Å². The second kappa shape index (κ2) is 5.27. The minimum Gasteiger partial charge on any atom is -0.491 e. The average Bonchev–Trinajstić information content (AvgIpc) is 2.19. The summed E-state index contributed by atoms with van der Waals surface area (Å²) < 4.78 is 5.65. The van der Waals surface area contributed by atoms with E-state index in [1.165, 1.54) is 0 Å². The molecule has 0 saturated heterocycles. The molecule has 0 saturated carbocycles. The van der Waals surface area contributed by atoms with Gasteiger partial charge in [-0.2, -0.15) is 5.10 Å². The molecular weight excluding hydrogens is 176 g/mol. The summed E-state index contributed by atoms with van der Waals surface area (Å²) in [5, 5.41) is 3.47. The highest BCUT2D eigenvalue weighted by molar-refractivity contribution is 5.79. The van der Waals surface area contributed by atoms with E-state index in [0.717, 1.165) is 17.7 Å². The van der Waals surface area contributed by atoms with Crippen molar-refractivity contribution in [3.63, 3.8) is 0 Å². The highest BCUT2D eigenvalue weighted by Crippen LogP contribution is 2.14. The van der Waals surface area contributed by atoms with Crippen molar-refractivity contribution in [3.8, 4) is 5.75 Å². The molecule has 0 bridgehead atoms.